The molecule has 1 aromatic carbocycles. The molecule has 8 heteroatoms. The minimum atomic E-state index is -0.425. The van der Waals surface area contributed by atoms with Crippen molar-refractivity contribution < 1.29 is 23.8 Å². The van der Waals surface area contributed by atoms with Crippen LogP contribution in [0.15, 0.2) is 18.2 Å². The molecule has 7 nitrogen and oxygen atoms in total. The van der Waals surface area contributed by atoms with Crippen LogP contribution in [0.1, 0.15) is 10.9 Å². The van der Waals surface area contributed by atoms with Crippen molar-refractivity contribution in [2.45, 2.75) is 5.37 Å². The molecule has 0 aromatic heterocycles. The van der Waals surface area contributed by atoms with Gasteiger partial charge in [-0.05, 0) is 18.2 Å². The maximum Gasteiger partial charge on any atom is 0.410 e. The number of benzene rings is 1. The van der Waals surface area contributed by atoms with Gasteiger partial charge in [0.05, 0.1) is 20.8 Å². The lowest BCUT2D eigenvalue weighted by Gasteiger charge is -2.27. The molecule has 0 N–H and O–H groups in total. The smallest absolute Gasteiger partial charge is 0.410 e. The first-order valence-corrected chi connectivity index (χ1v) is 8.73. The fourth-order valence-electron chi connectivity index (χ4n) is 2.84. The number of ether oxygens (including phenoxy) is 3. The minimum Gasteiger partial charge on any atom is -0.497 e. The van der Waals surface area contributed by atoms with Crippen LogP contribution in [0.25, 0.3) is 0 Å². The van der Waals surface area contributed by atoms with Crippen molar-refractivity contribution in [1.29, 1.82) is 0 Å². The van der Waals surface area contributed by atoms with Gasteiger partial charge in [0.25, 0.3) is 0 Å². The van der Waals surface area contributed by atoms with E-state index in [1.807, 2.05) is 18.2 Å². The molecule has 2 fully saturated rings. The van der Waals surface area contributed by atoms with Gasteiger partial charge in [0, 0.05) is 17.9 Å². The third-order valence-corrected chi connectivity index (χ3v) is 5.33. The summed E-state index contributed by atoms with van der Waals surface area (Å²) in [6.07, 6.45) is -0.425. The van der Waals surface area contributed by atoms with Gasteiger partial charge in [-0.2, -0.15) is 0 Å². The van der Waals surface area contributed by atoms with Crippen LogP contribution in [-0.4, -0.2) is 68.0 Å². The third-order valence-electron chi connectivity index (χ3n) is 4.09. The number of carbonyl (C=O) groups excluding carboxylic acids is 2. The van der Waals surface area contributed by atoms with Gasteiger partial charge in [-0.25, -0.2) is 4.79 Å². The Labute approximate surface area is 144 Å². The van der Waals surface area contributed by atoms with Gasteiger partial charge in [0.15, 0.2) is 0 Å². The molecular weight excluding hydrogens is 332 g/mol. The van der Waals surface area contributed by atoms with E-state index in [1.54, 1.807) is 30.9 Å². The topological polar surface area (TPSA) is 68.3 Å². The average Bonchev–Trinajstić information content (AvgIpc) is 3.23. The fourth-order valence-corrected chi connectivity index (χ4v) is 4.13. The lowest BCUT2D eigenvalue weighted by molar-refractivity contribution is -0.131. The number of carbonyl (C=O) groups is 2. The zero-order valence-corrected chi connectivity index (χ0v) is 14.5. The van der Waals surface area contributed by atoms with Crippen molar-refractivity contribution in [1.82, 2.24) is 9.80 Å². The molecule has 2 aliphatic rings. The highest BCUT2D eigenvalue weighted by Crippen LogP contribution is 2.43. The average molecular weight is 352 g/mol. The second-order valence-electron chi connectivity index (χ2n) is 5.45. The molecule has 0 radical (unpaired) electrons. The molecule has 1 unspecified atom stereocenters. The fraction of sp³-hybridized carbons (Fsp3) is 0.500. The second-order valence-corrected chi connectivity index (χ2v) is 6.64. The van der Waals surface area contributed by atoms with Gasteiger partial charge >= 0.3 is 6.09 Å². The van der Waals surface area contributed by atoms with Gasteiger partial charge in [0.2, 0.25) is 5.91 Å². The molecule has 130 valence electrons. The van der Waals surface area contributed by atoms with Crippen LogP contribution in [0.3, 0.4) is 0 Å². The van der Waals surface area contributed by atoms with Crippen molar-refractivity contribution in [3.05, 3.63) is 23.8 Å². The van der Waals surface area contributed by atoms with Crippen LogP contribution in [0, 0.1) is 0 Å². The number of hydrogen-bond donors (Lipinski definition) is 0. The molecule has 0 aliphatic carbocycles. The molecule has 1 atom stereocenters. The monoisotopic (exact) mass is 352 g/mol. The lowest BCUT2D eigenvalue weighted by atomic mass is 10.1. The Balaban J connectivity index is 1.80. The second kappa shape index (κ2) is 7.21. The predicted octanol–water partition coefficient (Wildman–Crippen LogP) is 1.73. The zero-order chi connectivity index (χ0) is 17.1. The summed E-state index contributed by atoms with van der Waals surface area (Å²) in [5.74, 6) is 2.18. The molecular formula is C16H20N2O5S. The van der Waals surface area contributed by atoms with Crippen LogP contribution in [0.4, 0.5) is 4.79 Å². The summed E-state index contributed by atoms with van der Waals surface area (Å²) in [5.41, 5.74) is 0.900. The standard InChI is InChI=1S/C16H20N2O5S/c1-21-11-3-4-13(22-2)12(9-11)15-18(6-8-24-15)14(19)10-17-5-7-23-16(17)20/h3-4,9,15H,5-8,10H2,1-2H3. The van der Waals surface area contributed by atoms with Crippen LogP contribution < -0.4 is 9.47 Å². The first-order chi connectivity index (χ1) is 11.6. The molecule has 0 bridgehead atoms. The van der Waals surface area contributed by atoms with Gasteiger partial charge < -0.3 is 19.1 Å². The molecule has 0 spiro atoms. The van der Waals surface area contributed by atoms with Crippen LogP contribution in [-0.2, 0) is 9.53 Å². The summed E-state index contributed by atoms with van der Waals surface area (Å²) >= 11 is 1.67. The van der Waals surface area contributed by atoms with E-state index in [0.29, 0.717) is 31.2 Å². The summed E-state index contributed by atoms with van der Waals surface area (Å²) in [5, 5.41) is -0.152. The van der Waals surface area contributed by atoms with Crippen molar-refractivity contribution in [3.63, 3.8) is 0 Å². The minimum absolute atomic E-state index is 0.0438. The number of amides is 2. The number of hydrogen-bond acceptors (Lipinski definition) is 6. The molecule has 0 saturated carbocycles. The lowest BCUT2D eigenvalue weighted by Crippen LogP contribution is -2.40. The van der Waals surface area contributed by atoms with E-state index in [2.05, 4.69) is 0 Å². The normalized spacial score (nSPS) is 20.2. The highest BCUT2D eigenvalue weighted by Gasteiger charge is 2.35. The van der Waals surface area contributed by atoms with Crippen molar-refractivity contribution in [2.75, 3.05) is 46.2 Å². The maximum absolute atomic E-state index is 12.7. The molecule has 2 amide bonds. The molecule has 24 heavy (non-hydrogen) atoms. The first kappa shape index (κ1) is 16.8. The summed E-state index contributed by atoms with van der Waals surface area (Å²) in [6, 6.07) is 5.56. The highest BCUT2D eigenvalue weighted by molar-refractivity contribution is 7.99. The largest absolute Gasteiger partial charge is 0.497 e. The molecule has 2 aliphatic heterocycles. The summed E-state index contributed by atoms with van der Waals surface area (Å²) in [4.78, 5) is 27.4. The number of methoxy groups -OCH3 is 2. The Hall–Kier alpha value is -2.09. The van der Waals surface area contributed by atoms with Gasteiger partial charge in [-0.15, -0.1) is 11.8 Å². The quantitative estimate of drug-likeness (QED) is 0.804. The van der Waals surface area contributed by atoms with E-state index in [0.717, 1.165) is 11.3 Å². The number of rotatable bonds is 5. The molecule has 1 aromatic rings. The zero-order valence-electron chi connectivity index (χ0n) is 13.7. The Bertz CT molecular complexity index is 639. The summed E-state index contributed by atoms with van der Waals surface area (Å²) in [6.45, 7) is 1.48. The highest BCUT2D eigenvalue weighted by atomic mass is 32.2. The van der Waals surface area contributed by atoms with Gasteiger partial charge in [-0.1, -0.05) is 0 Å². The maximum atomic E-state index is 12.7. The van der Waals surface area contributed by atoms with Gasteiger partial charge in [-0.3, -0.25) is 9.69 Å². The summed E-state index contributed by atoms with van der Waals surface area (Å²) in [7, 11) is 3.21. The van der Waals surface area contributed by atoms with E-state index in [1.165, 1.54) is 4.90 Å². The Morgan fingerprint density at radius 3 is 2.83 bits per heavy atom. The predicted molar refractivity (Wildman–Crippen MR) is 89.4 cm³/mol. The summed E-state index contributed by atoms with van der Waals surface area (Å²) < 4.78 is 15.6. The van der Waals surface area contributed by atoms with Crippen molar-refractivity contribution in [3.8, 4) is 11.5 Å². The van der Waals surface area contributed by atoms with E-state index in [9.17, 15) is 9.59 Å². The number of cyclic esters (lactones) is 1. The van der Waals surface area contributed by atoms with E-state index >= 15 is 0 Å². The Morgan fingerprint density at radius 2 is 2.17 bits per heavy atom. The van der Waals surface area contributed by atoms with Crippen LogP contribution in [0.2, 0.25) is 0 Å². The number of thioether (sulfide) groups is 1. The van der Waals surface area contributed by atoms with E-state index in [4.69, 9.17) is 14.2 Å². The Morgan fingerprint density at radius 1 is 1.33 bits per heavy atom. The van der Waals surface area contributed by atoms with E-state index in [-0.39, 0.29) is 17.8 Å². The van der Waals surface area contributed by atoms with Crippen molar-refractivity contribution >= 4 is 23.8 Å². The molecule has 2 heterocycles. The van der Waals surface area contributed by atoms with Crippen LogP contribution >= 0.6 is 11.8 Å². The van der Waals surface area contributed by atoms with Gasteiger partial charge in [0.1, 0.15) is 30.0 Å². The molecule has 2 saturated heterocycles. The SMILES string of the molecule is COc1ccc(OC)c(C2SCCN2C(=O)CN2CCOC2=O)c1. The first-order valence-electron chi connectivity index (χ1n) is 7.68. The van der Waals surface area contributed by atoms with Crippen LogP contribution in [0.5, 0.6) is 11.5 Å². The van der Waals surface area contributed by atoms with E-state index < -0.39 is 6.09 Å². The molecule has 3 rings (SSSR count). The number of nitrogens with zero attached hydrogens (tertiary/aromatic N) is 2. The van der Waals surface area contributed by atoms with Crippen molar-refractivity contribution in [2.24, 2.45) is 0 Å². The third kappa shape index (κ3) is 3.24. The Kier molecular flexibility index (Phi) is 5.03.